The van der Waals surface area contributed by atoms with Gasteiger partial charge in [0, 0.05) is 6.54 Å². The Hall–Kier alpha value is -0.610. The first-order valence-corrected chi connectivity index (χ1v) is 5.97. The van der Waals surface area contributed by atoms with E-state index in [2.05, 4.69) is 19.0 Å². The molecule has 0 aromatic carbocycles. The molecule has 1 rings (SSSR count). The molecule has 16 heavy (non-hydrogen) atoms. The maximum Gasteiger partial charge on any atom is 0.322 e. The third kappa shape index (κ3) is 3.46. The van der Waals surface area contributed by atoms with E-state index in [0.717, 1.165) is 13.0 Å². The van der Waals surface area contributed by atoms with Crippen LogP contribution < -0.4 is 5.73 Å². The van der Waals surface area contributed by atoms with E-state index in [1.807, 2.05) is 0 Å². The summed E-state index contributed by atoms with van der Waals surface area (Å²) in [4.78, 5) is 13.6. The van der Waals surface area contributed by atoms with E-state index < -0.39 is 6.04 Å². The molecular formula is C12H24N2O2. The van der Waals surface area contributed by atoms with Crippen LogP contribution in [0.5, 0.6) is 0 Å². The van der Waals surface area contributed by atoms with Crippen molar-refractivity contribution in [3.8, 4) is 0 Å². The Labute approximate surface area is 98.1 Å². The van der Waals surface area contributed by atoms with Crippen molar-refractivity contribution in [3.63, 3.8) is 0 Å². The van der Waals surface area contributed by atoms with Crippen LogP contribution in [0.15, 0.2) is 0 Å². The van der Waals surface area contributed by atoms with E-state index >= 15 is 0 Å². The predicted octanol–water partition coefficient (Wildman–Crippen LogP) is 0.999. The lowest BCUT2D eigenvalue weighted by Gasteiger charge is -2.33. The molecule has 94 valence electrons. The molecule has 1 fully saturated rings. The zero-order chi connectivity index (χ0) is 12.2. The van der Waals surface area contributed by atoms with Gasteiger partial charge in [-0.15, -0.1) is 0 Å². The Bertz CT molecular complexity index is 235. The number of nitrogens with two attached hydrogens (primary N) is 1. The maximum absolute atomic E-state index is 11.4. The summed E-state index contributed by atoms with van der Waals surface area (Å²) in [6.45, 7) is 1.01. The molecule has 1 aliphatic carbocycles. The molecule has 0 amide bonds. The average molecular weight is 228 g/mol. The monoisotopic (exact) mass is 228 g/mol. The summed E-state index contributed by atoms with van der Waals surface area (Å²) in [7, 11) is 5.54. The van der Waals surface area contributed by atoms with Crippen LogP contribution in [0.25, 0.3) is 0 Å². The topological polar surface area (TPSA) is 55.6 Å². The first-order chi connectivity index (χ1) is 7.49. The first kappa shape index (κ1) is 13.5. The lowest BCUT2D eigenvalue weighted by molar-refractivity contribution is -0.143. The van der Waals surface area contributed by atoms with Gasteiger partial charge in [-0.1, -0.05) is 12.8 Å². The standard InChI is InChI=1S/C12H24N2O2/c1-14(2)9-12(6-4-5-7-12)8-10(13)11(15)16-3/h10H,4-9,13H2,1-3H3. The molecule has 0 spiro atoms. The summed E-state index contributed by atoms with van der Waals surface area (Å²) in [6, 6.07) is -0.469. The van der Waals surface area contributed by atoms with Crippen LogP contribution in [0.2, 0.25) is 0 Å². The summed E-state index contributed by atoms with van der Waals surface area (Å²) in [5.41, 5.74) is 6.09. The number of methoxy groups -OCH3 is 1. The van der Waals surface area contributed by atoms with Crippen molar-refractivity contribution in [3.05, 3.63) is 0 Å². The van der Waals surface area contributed by atoms with Gasteiger partial charge < -0.3 is 15.4 Å². The van der Waals surface area contributed by atoms with Gasteiger partial charge >= 0.3 is 5.97 Å². The molecule has 0 saturated heterocycles. The maximum atomic E-state index is 11.4. The third-order valence-corrected chi connectivity index (χ3v) is 3.47. The van der Waals surface area contributed by atoms with E-state index in [1.54, 1.807) is 0 Å². The summed E-state index contributed by atoms with van der Waals surface area (Å²) < 4.78 is 4.69. The Morgan fingerprint density at radius 3 is 2.44 bits per heavy atom. The minimum atomic E-state index is -0.469. The van der Waals surface area contributed by atoms with Gasteiger partial charge in [0.1, 0.15) is 6.04 Å². The number of hydrogen-bond donors (Lipinski definition) is 1. The van der Waals surface area contributed by atoms with Crippen LogP contribution >= 0.6 is 0 Å². The zero-order valence-corrected chi connectivity index (χ0v) is 10.7. The Balaban J connectivity index is 2.60. The highest BCUT2D eigenvalue weighted by Gasteiger charge is 2.37. The fourth-order valence-corrected chi connectivity index (χ4v) is 2.92. The van der Waals surface area contributed by atoms with Gasteiger partial charge in [-0.05, 0) is 38.8 Å². The van der Waals surface area contributed by atoms with Crippen LogP contribution in [-0.4, -0.2) is 44.7 Å². The van der Waals surface area contributed by atoms with Gasteiger partial charge in [-0.3, -0.25) is 4.79 Å². The van der Waals surface area contributed by atoms with E-state index in [0.29, 0.717) is 0 Å². The number of hydrogen-bond acceptors (Lipinski definition) is 4. The summed E-state index contributed by atoms with van der Waals surface area (Å²) in [6.07, 6.45) is 5.60. The van der Waals surface area contributed by atoms with Gasteiger partial charge in [-0.25, -0.2) is 0 Å². The smallest absolute Gasteiger partial charge is 0.322 e. The summed E-state index contributed by atoms with van der Waals surface area (Å²) in [5.74, 6) is -0.287. The van der Waals surface area contributed by atoms with E-state index in [9.17, 15) is 4.79 Å². The largest absolute Gasteiger partial charge is 0.468 e. The molecule has 2 N–H and O–H groups in total. The van der Waals surface area contributed by atoms with Crippen LogP contribution in [-0.2, 0) is 9.53 Å². The van der Waals surface area contributed by atoms with Crippen molar-refractivity contribution in [2.75, 3.05) is 27.7 Å². The molecule has 1 atom stereocenters. The van der Waals surface area contributed by atoms with E-state index in [1.165, 1.54) is 32.8 Å². The predicted molar refractivity (Wildman–Crippen MR) is 64.1 cm³/mol. The highest BCUT2D eigenvalue weighted by Crippen LogP contribution is 2.42. The van der Waals surface area contributed by atoms with Gasteiger partial charge in [0.25, 0.3) is 0 Å². The van der Waals surface area contributed by atoms with Crippen molar-refractivity contribution in [1.29, 1.82) is 0 Å². The molecule has 4 heteroatoms. The SMILES string of the molecule is COC(=O)C(N)CC1(CN(C)C)CCCC1. The van der Waals surface area contributed by atoms with Crippen molar-refractivity contribution >= 4 is 5.97 Å². The van der Waals surface area contributed by atoms with E-state index in [4.69, 9.17) is 10.5 Å². The molecule has 0 bridgehead atoms. The van der Waals surface area contributed by atoms with Crippen LogP contribution in [0.1, 0.15) is 32.1 Å². The van der Waals surface area contributed by atoms with Gasteiger partial charge in [0.05, 0.1) is 7.11 Å². The van der Waals surface area contributed by atoms with Crippen molar-refractivity contribution < 1.29 is 9.53 Å². The van der Waals surface area contributed by atoms with Gasteiger partial charge in [0.2, 0.25) is 0 Å². The molecule has 1 unspecified atom stereocenters. The lowest BCUT2D eigenvalue weighted by Crippen LogP contribution is -2.41. The van der Waals surface area contributed by atoms with E-state index in [-0.39, 0.29) is 11.4 Å². The van der Waals surface area contributed by atoms with Crippen molar-refractivity contribution in [2.45, 2.75) is 38.1 Å². The number of nitrogens with zero attached hydrogens (tertiary/aromatic N) is 1. The second-order valence-electron chi connectivity index (χ2n) is 5.28. The summed E-state index contributed by atoms with van der Waals surface area (Å²) in [5, 5.41) is 0. The molecule has 1 aliphatic rings. The van der Waals surface area contributed by atoms with Gasteiger partial charge in [-0.2, -0.15) is 0 Å². The first-order valence-electron chi connectivity index (χ1n) is 5.97. The lowest BCUT2D eigenvalue weighted by atomic mass is 9.79. The normalized spacial score (nSPS) is 21.1. The highest BCUT2D eigenvalue weighted by molar-refractivity contribution is 5.75. The van der Waals surface area contributed by atoms with Crippen molar-refractivity contribution in [1.82, 2.24) is 4.90 Å². The molecule has 0 aliphatic heterocycles. The summed E-state index contributed by atoms with van der Waals surface area (Å²) >= 11 is 0. The minimum Gasteiger partial charge on any atom is -0.468 e. The fourth-order valence-electron chi connectivity index (χ4n) is 2.92. The molecular weight excluding hydrogens is 204 g/mol. The molecule has 1 saturated carbocycles. The number of carbonyl (C=O) groups excluding carboxylic acids is 1. The molecule has 0 heterocycles. The zero-order valence-electron chi connectivity index (χ0n) is 10.7. The number of rotatable bonds is 5. The number of carbonyl (C=O) groups is 1. The second kappa shape index (κ2) is 5.64. The Morgan fingerprint density at radius 2 is 2.00 bits per heavy atom. The van der Waals surface area contributed by atoms with Gasteiger partial charge in [0.15, 0.2) is 0 Å². The molecule has 0 aromatic rings. The molecule has 4 nitrogen and oxygen atoms in total. The second-order valence-corrected chi connectivity index (χ2v) is 5.28. The fraction of sp³-hybridized carbons (Fsp3) is 0.917. The van der Waals surface area contributed by atoms with Crippen LogP contribution in [0.3, 0.4) is 0 Å². The van der Waals surface area contributed by atoms with Crippen LogP contribution in [0.4, 0.5) is 0 Å². The quantitative estimate of drug-likeness (QED) is 0.713. The van der Waals surface area contributed by atoms with Crippen molar-refractivity contribution in [2.24, 2.45) is 11.1 Å². The number of esters is 1. The highest BCUT2D eigenvalue weighted by atomic mass is 16.5. The molecule has 0 radical (unpaired) electrons. The number of ether oxygens (including phenoxy) is 1. The Morgan fingerprint density at radius 1 is 1.44 bits per heavy atom. The van der Waals surface area contributed by atoms with Crippen LogP contribution in [0, 0.1) is 5.41 Å². The third-order valence-electron chi connectivity index (χ3n) is 3.47. The Kier molecular flexibility index (Phi) is 4.74. The molecule has 0 aromatic heterocycles. The minimum absolute atomic E-state index is 0.219. The average Bonchev–Trinajstić information content (AvgIpc) is 2.63.